The number of fused-ring (bicyclic) bond motifs is 8. The molecule has 0 spiro atoms. The number of hydrogen-bond donors (Lipinski definition) is 0. The third kappa shape index (κ3) is 6.41. The monoisotopic (exact) mass is 963 g/mol. The molecule has 4 heteroatoms. The number of rotatable bonds is 6. The highest BCUT2D eigenvalue weighted by atomic mass is 32.2. The Balaban J connectivity index is 0.919. The molecule has 0 saturated heterocycles. The fourth-order valence-electron chi connectivity index (χ4n) is 12.6. The number of nitrogens with zero attached hydrogens (tertiary/aromatic N) is 3. The molecule has 0 saturated carbocycles. The third-order valence-electron chi connectivity index (χ3n) is 16.0. The molecule has 350 valence electrons. The van der Waals surface area contributed by atoms with E-state index in [9.17, 15) is 0 Å². The van der Waals surface area contributed by atoms with E-state index < -0.39 is 0 Å². The van der Waals surface area contributed by atoms with Crippen LogP contribution >= 0.6 is 11.8 Å². The average Bonchev–Trinajstić information content (AvgIpc) is 3.51. The Bertz CT molecular complexity index is 4340. The van der Waals surface area contributed by atoms with Crippen LogP contribution in [-0.4, -0.2) is 0 Å². The summed E-state index contributed by atoms with van der Waals surface area (Å²) >= 11 is 1.90. The molecule has 0 atom stereocenters. The predicted molar refractivity (Wildman–Crippen MR) is 316 cm³/mol. The van der Waals surface area contributed by atoms with E-state index in [1.165, 1.54) is 120 Å². The second-order valence-electron chi connectivity index (χ2n) is 20.5. The summed E-state index contributed by atoms with van der Waals surface area (Å²) < 4.78 is 0. The Hall–Kier alpha value is -8.83. The molecule has 0 radical (unpaired) electrons. The largest absolute Gasteiger partial charge is 0.310 e. The van der Waals surface area contributed by atoms with Gasteiger partial charge in [-0.1, -0.05) is 177 Å². The van der Waals surface area contributed by atoms with Crippen molar-refractivity contribution in [1.82, 2.24) is 0 Å². The Kier molecular flexibility index (Phi) is 9.46. The third-order valence-corrected chi connectivity index (χ3v) is 17.2. The molecule has 13 aromatic carbocycles. The molecular formula is C70H49N3S. The van der Waals surface area contributed by atoms with Crippen molar-refractivity contribution in [2.24, 2.45) is 0 Å². The van der Waals surface area contributed by atoms with E-state index in [1.54, 1.807) is 0 Å². The molecule has 2 heterocycles. The Morgan fingerprint density at radius 3 is 1.73 bits per heavy atom. The lowest BCUT2D eigenvalue weighted by atomic mass is 9.70. The quantitative estimate of drug-likeness (QED) is 0.154. The molecule has 0 fully saturated rings. The van der Waals surface area contributed by atoms with Crippen molar-refractivity contribution in [2.45, 2.75) is 36.0 Å². The molecule has 0 unspecified atom stereocenters. The van der Waals surface area contributed by atoms with Crippen LogP contribution in [0.4, 0.5) is 51.2 Å². The van der Waals surface area contributed by atoms with Crippen LogP contribution in [0, 0.1) is 6.92 Å². The highest BCUT2D eigenvalue weighted by molar-refractivity contribution is 8.00. The van der Waals surface area contributed by atoms with Gasteiger partial charge in [0.25, 0.3) is 0 Å². The molecule has 74 heavy (non-hydrogen) atoms. The van der Waals surface area contributed by atoms with Gasteiger partial charge < -0.3 is 14.7 Å². The van der Waals surface area contributed by atoms with Crippen molar-refractivity contribution in [3.05, 3.63) is 259 Å². The Morgan fingerprint density at radius 2 is 0.973 bits per heavy atom. The zero-order valence-corrected chi connectivity index (χ0v) is 42.2. The van der Waals surface area contributed by atoms with Crippen molar-refractivity contribution in [2.75, 3.05) is 14.7 Å². The first kappa shape index (κ1) is 42.8. The van der Waals surface area contributed by atoms with Crippen molar-refractivity contribution in [3.63, 3.8) is 0 Å². The molecular weight excluding hydrogens is 915 g/mol. The van der Waals surface area contributed by atoms with Crippen LogP contribution < -0.4 is 14.7 Å². The van der Waals surface area contributed by atoms with Crippen LogP contribution in [0.25, 0.3) is 65.0 Å². The topological polar surface area (TPSA) is 9.72 Å². The summed E-state index contributed by atoms with van der Waals surface area (Å²) in [6, 6.07) is 90.2. The summed E-state index contributed by atoms with van der Waals surface area (Å²) in [4.78, 5) is 9.94. The summed E-state index contributed by atoms with van der Waals surface area (Å²) in [5, 5.41) is 12.7. The van der Waals surface area contributed by atoms with Crippen LogP contribution in [-0.2, 0) is 5.41 Å². The van der Waals surface area contributed by atoms with Gasteiger partial charge in [-0.2, -0.15) is 0 Å². The van der Waals surface area contributed by atoms with Crippen molar-refractivity contribution in [1.29, 1.82) is 0 Å². The molecule has 3 nitrogen and oxygen atoms in total. The maximum atomic E-state index is 2.54. The van der Waals surface area contributed by atoms with Crippen molar-refractivity contribution in [3.8, 4) is 11.1 Å². The van der Waals surface area contributed by atoms with Gasteiger partial charge in [-0.05, 0) is 174 Å². The minimum atomic E-state index is -0.381. The van der Waals surface area contributed by atoms with Gasteiger partial charge in [0.15, 0.2) is 0 Å². The first-order valence-corrected chi connectivity index (χ1v) is 26.5. The summed E-state index contributed by atoms with van der Waals surface area (Å²) in [7, 11) is 0. The minimum Gasteiger partial charge on any atom is -0.310 e. The maximum Gasteiger partial charge on any atom is 0.0608 e. The van der Waals surface area contributed by atoms with Crippen molar-refractivity contribution >= 4 is 117 Å². The molecule has 2 aliphatic rings. The first-order valence-electron chi connectivity index (χ1n) is 25.7. The number of anilines is 9. The predicted octanol–water partition coefficient (Wildman–Crippen LogP) is 20.4. The standard InChI is InChI=1S/C70H49N3S/c1-44-40-64-59(70(2,3)68-58-42-54(71(51-19-7-4-8-20-51)52-21-9-5-10-22-52)34-28-46(58)30-38-62(68)72(64)53-23-11-6-12-24-53)43-57(44)50-33-37-61-65(41-50)74-69-55-25-14-13-16-45(55)31-39-63(69)73(61)60-36-32-49-27-26-47-17-15-18-48-29-35-56(60)67(49)66(47)48/h4-43H,1-3H3. The molecule has 0 aliphatic carbocycles. The van der Waals surface area contributed by atoms with Gasteiger partial charge in [0, 0.05) is 43.3 Å². The summed E-state index contributed by atoms with van der Waals surface area (Å²) in [5.41, 5.74) is 16.5. The molecule has 2 aliphatic heterocycles. The van der Waals surface area contributed by atoms with Gasteiger partial charge in [0.05, 0.1) is 28.4 Å². The van der Waals surface area contributed by atoms with Gasteiger partial charge >= 0.3 is 0 Å². The molecule has 13 aromatic rings. The van der Waals surface area contributed by atoms with Gasteiger partial charge in [0.1, 0.15) is 0 Å². The Morgan fingerprint density at radius 1 is 0.392 bits per heavy atom. The number of para-hydroxylation sites is 3. The van der Waals surface area contributed by atoms with Gasteiger partial charge in [0.2, 0.25) is 0 Å². The molecule has 0 bridgehead atoms. The van der Waals surface area contributed by atoms with E-state index in [1.807, 2.05) is 11.8 Å². The molecule has 15 rings (SSSR count). The van der Waals surface area contributed by atoms with Crippen LogP contribution in [0.15, 0.2) is 252 Å². The zero-order valence-electron chi connectivity index (χ0n) is 41.3. The van der Waals surface area contributed by atoms with E-state index in [-0.39, 0.29) is 5.41 Å². The normalized spacial score (nSPS) is 13.6. The second-order valence-corrected chi connectivity index (χ2v) is 21.6. The lowest BCUT2D eigenvalue weighted by Crippen LogP contribution is -2.31. The first-order chi connectivity index (χ1) is 36.4. The van der Waals surface area contributed by atoms with Gasteiger partial charge in [-0.3, -0.25) is 0 Å². The average molecular weight is 964 g/mol. The van der Waals surface area contributed by atoms with E-state index in [0.29, 0.717) is 0 Å². The number of aryl methyl sites for hydroxylation is 1. The number of hydrogen-bond acceptors (Lipinski definition) is 4. The van der Waals surface area contributed by atoms with Gasteiger partial charge in [-0.25, -0.2) is 0 Å². The summed E-state index contributed by atoms with van der Waals surface area (Å²) in [5.74, 6) is 0. The highest BCUT2D eigenvalue weighted by Crippen LogP contribution is 2.58. The van der Waals surface area contributed by atoms with Crippen LogP contribution in [0.5, 0.6) is 0 Å². The lowest BCUT2D eigenvalue weighted by Gasteiger charge is -2.43. The van der Waals surface area contributed by atoms with E-state index in [2.05, 4.69) is 278 Å². The smallest absolute Gasteiger partial charge is 0.0608 e. The maximum absolute atomic E-state index is 2.54. The summed E-state index contributed by atoms with van der Waals surface area (Å²) in [6.07, 6.45) is 0. The van der Waals surface area contributed by atoms with Gasteiger partial charge in [-0.15, -0.1) is 0 Å². The van der Waals surface area contributed by atoms with E-state index >= 15 is 0 Å². The zero-order chi connectivity index (χ0) is 49.2. The van der Waals surface area contributed by atoms with Crippen LogP contribution in [0.1, 0.15) is 30.5 Å². The van der Waals surface area contributed by atoms with E-state index in [4.69, 9.17) is 0 Å². The fraction of sp³-hybridized carbons (Fsp3) is 0.0571. The number of benzene rings is 13. The van der Waals surface area contributed by atoms with Crippen LogP contribution in [0.3, 0.4) is 0 Å². The summed E-state index contributed by atoms with van der Waals surface area (Å²) in [6.45, 7) is 7.16. The second kappa shape index (κ2) is 16.3. The van der Waals surface area contributed by atoms with E-state index in [0.717, 1.165) is 22.7 Å². The SMILES string of the molecule is Cc1cc2c(cc1-c1ccc3c(c1)Sc1c(ccc4ccccc14)N3c1ccc3ccc4cccc5ccc1c3c45)C(C)(C)c1c(ccc3ccc(N(c4ccccc4)c4ccccc4)cc13)N2c1ccccc1. The fourth-order valence-corrected chi connectivity index (χ4v) is 13.8. The molecule has 0 amide bonds. The van der Waals surface area contributed by atoms with Crippen molar-refractivity contribution < 1.29 is 0 Å². The minimum absolute atomic E-state index is 0.381. The Labute approximate surface area is 435 Å². The lowest BCUT2D eigenvalue weighted by molar-refractivity contribution is 0.638. The highest BCUT2D eigenvalue weighted by Gasteiger charge is 2.39. The molecule has 0 aromatic heterocycles. The van der Waals surface area contributed by atoms with Crippen LogP contribution in [0.2, 0.25) is 0 Å². The molecule has 0 N–H and O–H groups in total.